The van der Waals surface area contributed by atoms with Crippen LogP contribution in [0.4, 0.5) is 4.79 Å². The van der Waals surface area contributed by atoms with Gasteiger partial charge in [-0.05, 0) is 43.4 Å². The number of nitrogens with one attached hydrogen (secondary N) is 2. The van der Waals surface area contributed by atoms with Gasteiger partial charge < -0.3 is 15.5 Å². The van der Waals surface area contributed by atoms with Crippen LogP contribution in [0.5, 0.6) is 0 Å². The Bertz CT molecular complexity index is 947. The number of piperidine rings is 1. The van der Waals surface area contributed by atoms with Crippen LogP contribution in [0.25, 0.3) is 0 Å². The minimum absolute atomic E-state index is 0.0777. The maximum atomic E-state index is 13.1. The lowest BCUT2D eigenvalue weighted by molar-refractivity contribution is -0.128. The minimum atomic E-state index is -3.25. The standard InChI is InChI=1S/C22H30N4O4S/c1-31(29,30)19-9-7-17(8-10-19)18-6-5-15-26(16-18)21(28)25-22(11-3-2-4-12-22)20(27)24-14-13-23/h7-10,18H,2-6,11-12,14-16H2,1H3,(H,24,27)(H,25,28). The Labute approximate surface area is 183 Å². The van der Waals surface area contributed by atoms with Crippen molar-refractivity contribution in [1.82, 2.24) is 15.5 Å². The second kappa shape index (κ2) is 9.69. The van der Waals surface area contributed by atoms with Gasteiger partial charge in [-0.2, -0.15) is 5.26 Å². The van der Waals surface area contributed by atoms with Gasteiger partial charge in [0, 0.05) is 25.3 Å². The summed E-state index contributed by atoms with van der Waals surface area (Å²) in [5, 5.41) is 14.4. The lowest BCUT2D eigenvalue weighted by Gasteiger charge is -2.40. The van der Waals surface area contributed by atoms with Crippen LogP contribution < -0.4 is 10.6 Å². The number of carbonyl (C=O) groups is 2. The molecule has 9 heteroatoms. The highest BCUT2D eigenvalue weighted by molar-refractivity contribution is 7.90. The summed E-state index contributed by atoms with van der Waals surface area (Å²) in [6.45, 7) is 1.05. The lowest BCUT2D eigenvalue weighted by Crippen LogP contribution is -2.62. The number of sulfone groups is 1. The number of rotatable bonds is 5. The van der Waals surface area contributed by atoms with Crippen molar-refractivity contribution in [2.24, 2.45) is 0 Å². The fourth-order valence-corrected chi connectivity index (χ4v) is 5.19. The predicted octanol–water partition coefficient (Wildman–Crippen LogP) is 2.32. The van der Waals surface area contributed by atoms with Crippen LogP contribution in [0.2, 0.25) is 0 Å². The molecule has 0 radical (unpaired) electrons. The van der Waals surface area contributed by atoms with Gasteiger partial charge >= 0.3 is 6.03 Å². The highest BCUT2D eigenvalue weighted by Crippen LogP contribution is 2.31. The van der Waals surface area contributed by atoms with E-state index in [9.17, 15) is 18.0 Å². The van der Waals surface area contributed by atoms with Crippen molar-refractivity contribution < 1.29 is 18.0 Å². The molecule has 1 heterocycles. The van der Waals surface area contributed by atoms with E-state index in [1.54, 1.807) is 17.0 Å². The Hall–Kier alpha value is -2.60. The molecule has 1 saturated carbocycles. The summed E-state index contributed by atoms with van der Waals surface area (Å²) in [6, 6.07) is 8.52. The van der Waals surface area contributed by atoms with Gasteiger partial charge in [0.25, 0.3) is 0 Å². The summed E-state index contributed by atoms with van der Waals surface area (Å²) in [6.07, 6.45) is 6.81. The van der Waals surface area contributed by atoms with Crippen molar-refractivity contribution in [3.63, 3.8) is 0 Å². The number of amides is 3. The molecule has 31 heavy (non-hydrogen) atoms. The molecule has 2 N–H and O–H groups in total. The zero-order valence-corrected chi connectivity index (χ0v) is 18.7. The SMILES string of the molecule is CS(=O)(=O)c1ccc(C2CCCN(C(=O)NC3(C(=O)NCC#N)CCCCC3)C2)cc1. The van der Waals surface area contributed by atoms with Gasteiger partial charge in [-0.1, -0.05) is 31.4 Å². The van der Waals surface area contributed by atoms with E-state index in [2.05, 4.69) is 10.6 Å². The third kappa shape index (κ3) is 5.56. The number of likely N-dealkylation sites (tertiary alicyclic amines) is 1. The summed E-state index contributed by atoms with van der Waals surface area (Å²) in [4.78, 5) is 27.9. The molecule has 1 aromatic carbocycles. The van der Waals surface area contributed by atoms with Gasteiger partial charge in [0.15, 0.2) is 9.84 Å². The molecule has 2 fully saturated rings. The van der Waals surface area contributed by atoms with Gasteiger partial charge in [0.2, 0.25) is 5.91 Å². The van der Waals surface area contributed by atoms with Crippen molar-refractivity contribution in [3.8, 4) is 6.07 Å². The molecular weight excluding hydrogens is 416 g/mol. The molecule has 1 unspecified atom stereocenters. The Morgan fingerprint density at radius 1 is 1.16 bits per heavy atom. The van der Waals surface area contributed by atoms with Gasteiger partial charge in [0.05, 0.1) is 11.0 Å². The van der Waals surface area contributed by atoms with Crippen molar-refractivity contribution in [1.29, 1.82) is 5.26 Å². The molecule has 1 aliphatic heterocycles. The largest absolute Gasteiger partial charge is 0.341 e. The normalized spacial score (nSPS) is 21.0. The number of urea groups is 1. The molecule has 1 aliphatic carbocycles. The maximum Gasteiger partial charge on any atom is 0.318 e. The quantitative estimate of drug-likeness (QED) is 0.673. The third-order valence-corrected chi connectivity index (χ3v) is 7.43. The van der Waals surface area contributed by atoms with E-state index in [1.165, 1.54) is 6.26 Å². The first-order valence-electron chi connectivity index (χ1n) is 10.8. The van der Waals surface area contributed by atoms with Crippen molar-refractivity contribution in [2.45, 2.75) is 61.3 Å². The van der Waals surface area contributed by atoms with Crippen LogP contribution in [-0.4, -0.2) is 56.7 Å². The van der Waals surface area contributed by atoms with Gasteiger partial charge in [0.1, 0.15) is 12.1 Å². The summed E-state index contributed by atoms with van der Waals surface area (Å²) in [5.74, 6) is -0.171. The van der Waals surface area contributed by atoms with E-state index in [-0.39, 0.29) is 29.3 Å². The zero-order valence-electron chi connectivity index (χ0n) is 17.9. The second-order valence-corrected chi connectivity index (χ2v) is 10.6. The van der Waals surface area contributed by atoms with E-state index in [0.717, 1.165) is 37.7 Å². The smallest absolute Gasteiger partial charge is 0.318 e. The summed E-state index contributed by atoms with van der Waals surface area (Å²) < 4.78 is 23.4. The fraction of sp³-hybridized carbons (Fsp3) is 0.591. The number of hydrogen-bond acceptors (Lipinski definition) is 5. The molecule has 2 aliphatic rings. The monoisotopic (exact) mass is 446 g/mol. The molecule has 0 bridgehead atoms. The molecule has 1 aromatic rings. The second-order valence-electron chi connectivity index (χ2n) is 8.54. The summed E-state index contributed by atoms with van der Waals surface area (Å²) in [5.41, 5.74) is 0.0417. The first kappa shape index (κ1) is 23.1. The maximum absolute atomic E-state index is 13.1. The molecule has 168 valence electrons. The molecular formula is C22H30N4O4S. The van der Waals surface area contributed by atoms with E-state index in [1.807, 2.05) is 18.2 Å². The van der Waals surface area contributed by atoms with E-state index < -0.39 is 15.4 Å². The number of hydrogen-bond donors (Lipinski definition) is 2. The fourth-order valence-electron chi connectivity index (χ4n) is 4.56. The molecule has 8 nitrogen and oxygen atoms in total. The van der Waals surface area contributed by atoms with Crippen molar-refractivity contribution in [2.75, 3.05) is 25.9 Å². The first-order valence-corrected chi connectivity index (χ1v) is 12.7. The Balaban J connectivity index is 1.69. The Kier molecular flexibility index (Phi) is 7.21. The molecule has 3 amide bonds. The van der Waals surface area contributed by atoms with Gasteiger partial charge in [-0.3, -0.25) is 4.79 Å². The summed E-state index contributed by atoms with van der Waals surface area (Å²) in [7, 11) is -3.25. The van der Waals surface area contributed by atoms with Crippen LogP contribution in [-0.2, 0) is 14.6 Å². The lowest BCUT2D eigenvalue weighted by atomic mass is 9.81. The highest BCUT2D eigenvalue weighted by atomic mass is 32.2. The van der Waals surface area contributed by atoms with E-state index in [0.29, 0.717) is 25.9 Å². The molecule has 0 aromatic heterocycles. The Morgan fingerprint density at radius 3 is 2.45 bits per heavy atom. The van der Waals surface area contributed by atoms with Crippen molar-refractivity contribution in [3.05, 3.63) is 29.8 Å². The van der Waals surface area contributed by atoms with Crippen LogP contribution in [0.3, 0.4) is 0 Å². The number of nitriles is 1. The molecule has 1 saturated heterocycles. The number of carbonyl (C=O) groups excluding carboxylic acids is 2. The first-order chi connectivity index (χ1) is 14.7. The van der Waals surface area contributed by atoms with Crippen LogP contribution in [0.15, 0.2) is 29.2 Å². The predicted molar refractivity (Wildman–Crippen MR) is 116 cm³/mol. The van der Waals surface area contributed by atoms with Gasteiger partial charge in [-0.15, -0.1) is 0 Å². The van der Waals surface area contributed by atoms with Crippen LogP contribution in [0.1, 0.15) is 56.4 Å². The molecule has 0 spiro atoms. The number of nitrogens with zero attached hydrogens (tertiary/aromatic N) is 2. The molecule has 3 rings (SSSR count). The van der Waals surface area contributed by atoms with E-state index >= 15 is 0 Å². The van der Waals surface area contributed by atoms with Crippen molar-refractivity contribution >= 4 is 21.8 Å². The van der Waals surface area contributed by atoms with Gasteiger partial charge in [-0.25, -0.2) is 13.2 Å². The molecule has 1 atom stereocenters. The average molecular weight is 447 g/mol. The topological polar surface area (TPSA) is 119 Å². The number of benzene rings is 1. The van der Waals surface area contributed by atoms with Crippen LogP contribution in [0, 0.1) is 11.3 Å². The minimum Gasteiger partial charge on any atom is -0.341 e. The zero-order chi connectivity index (χ0) is 22.5. The average Bonchev–Trinajstić information content (AvgIpc) is 2.77. The Morgan fingerprint density at radius 2 is 1.84 bits per heavy atom. The van der Waals surface area contributed by atoms with E-state index in [4.69, 9.17) is 5.26 Å². The third-order valence-electron chi connectivity index (χ3n) is 6.30. The summed E-state index contributed by atoms with van der Waals surface area (Å²) >= 11 is 0. The van der Waals surface area contributed by atoms with Crippen LogP contribution >= 0.6 is 0 Å². The highest BCUT2D eigenvalue weighted by Gasteiger charge is 2.42.